The fourth-order valence-corrected chi connectivity index (χ4v) is 3.37. The summed E-state index contributed by atoms with van der Waals surface area (Å²) in [5.41, 5.74) is 0.641. The van der Waals surface area contributed by atoms with Crippen LogP contribution in [0.4, 0.5) is 0 Å². The van der Waals surface area contributed by atoms with Crippen LogP contribution >= 0.6 is 0 Å². The Labute approximate surface area is 89.7 Å². The van der Waals surface area contributed by atoms with E-state index in [0.717, 1.165) is 11.8 Å². The number of piperidine rings is 1. The highest BCUT2D eigenvalue weighted by molar-refractivity contribution is 4.96. The second-order valence-corrected chi connectivity index (χ2v) is 6.80. The molecule has 0 spiro atoms. The molecule has 84 valence electrons. The van der Waals surface area contributed by atoms with Crippen LogP contribution in [0.1, 0.15) is 60.8 Å². The zero-order valence-corrected chi connectivity index (χ0v) is 10.8. The van der Waals surface area contributed by atoms with Gasteiger partial charge in [0.15, 0.2) is 0 Å². The molecule has 0 unspecified atom stereocenters. The van der Waals surface area contributed by atoms with E-state index in [9.17, 15) is 0 Å². The van der Waals surface area contributed by atoms with Gasteiger partial charge < -0.3 is 5.32 Å². The number of hydrogen-bond acceptors (Lipinski definition) is 1. The first-order valence-electron chi connectivity index (χ1n) is 5.99. The summed E-state index contributed by atoms with van der Waals surface area (Å²) >= 11 is 0. The van der Waals surface area contributed by atoms with E-state index in [1.807, 2.05) is 0 Å². The van der Waals surface area contributed by atoms with Gasteiger partial charge in [-0.3, -0.25) is 0 Å². The van der Waals surface area contributed by atoms with Crippen LogP contribution in [-0.4, -0.2) is 11.1 Å². The van der Waals surface area contributed by atoms with Crippen molar-refractivity contribution < 1.29 is 0 Å². The molecular formula is C13H27N. The molecule has 1 aliphatic rings. The molecule has 14 heavy (non-hydrogen) atoms. The van der Waals surface area contributed by atoms with E-state index in [-0.39, 0.29) is 0 Å². The third kappa shape index (κ3) is 3.61. The van der Waals surface area contributed by atoms with E-state index in [1.54, 1.807) is 0 Å². The van der Waals surface area contributed by atoms with Gasteiger partial charge >= 0.3 is 0 Å². The van der Waals surface area contributed by atoms with Gasteiger partial charge in [-0.2, -0.15) is 0 Å². The van der Waals surface area contributed by atoms with Crippen molar-refractivity contribution in [1.29, 1.82) is 0 Å². The van der Waals surface area contributed by atoms with Crippen LogP contribution in [-0.2, 0) is 0 Å². The van der Waals surface area contributed by atoms with Crippen molar-refractivity contribution in [3.05, 3.63) is 0 Å². The maximum atomic E-state index is 3.74. The first kappa shape index (κ1) is 12.0. The molecule has 1 heterocycles. The normalized spacial score (nSPS) is 26.8. The highest BCUT2D eigenvalue weighted by atomic mass is 15.0. The summed E-state index contributed by atoms with van der Waals surface area (Å²) in [7, 11) is 0. The molecule has 0 aromatic rings. The summed E-state index contributed by atoms with van der Waals surface area (Å²) in [4.78, 5) is 0. The SMILES string of the molecule is CC(C)CC1CC(C)(C)NC(C)(C)C1. The molecule has 0 radical (unpaired) electrons. The van der Waals surface area contributed by atoms with Crippen molar-refractivity contribution in [2.45, 2.75) is 71.9 Å². The quantitative estimate of drug-likeness (QED) is 0.713. The van der Waals surface area contributed by atoms with E-state index >= 15 is 0 Å². The third-order valence-corrected chi connectivity index (χ3v) is 3.08. The smallest absolute Gasteiger partial charge is 0.0132 e. The molecule has 1 aliphatic heterocycles. The molecule has 0 bridgehead atoms. The highest BCUT2D eigenvalue weighted by Gasteiger charge is 2.37. The molecular weight excluding hydrogens is 170 g/mol. The molecule has 1 nitrogen and oxygen atoms in total. The van der Waals surface area contributed by atoms with E-state index in [2.05, 4.69) is 46.9 Å². The summed E-state index contributed by atoms with van der Waals surface area (Å²) in [6, 6.07) is 0. The molecule has 1 fully saturated rings. The average molecular weight is 197 g/mol. The van der Waals surface area contributed by atoms with Gasteiger partial charge in [-0.05, 0) is 58.8 Å². The molecule has 0 saturated carbocycles. The van der Waals surface area contributed by atoms with Crippen LogP contribution in [0.25, 0.3) is 0 Å². The van der Waals surface area contributed by atoms with E-state index in [0.29, 0.717) is 11.1 Å². The zero-order valence-electron chi connectivity index (χ0n) is 10.8. The molecule has 1 N–H and O–H groups in total. The Morgan fingerprint density at radius 3 is 1.86 bits per heavy atom. The highest BCUT2D eigenvalue weighted by Crippen LogP contribution is 2.35. The lowest BCUT2D eigenvalue weighted by molar-refractivity contribution is 0.116. The first-order valence-corrected chi connectivity index (χ1v) is 5.99. The van der Waals surface area contributed by atoms with E-state index in [1.165, 1.54) is 19.3 Å². The van der Waals surface area contributed by atoms with Gasteiger partial charge in [-0.1, -0.05) is 13.8 Å². The van der Waals surface area contributed by atoms with Gasteiger partial charge in [0.05, 0.1) is 0 Å². The largest absolute Gasteiger partial charge is 0.307 e. The van der Waals surface area contributed by atoms with Gasteiger partial charge in [0, 0.05) is 11.1 Å². The maximum Gasteiger partial charge on any atom is 0.0132 e. The van der Waals surface area contributed by atoms with Crippen LogP contribution in [0, 0.1) is 11.8 Å². The van der Waals surface area contributed by atoms with Crippen molar-refractivity contribution in [1.82, 2.24) is 5.32 Å². The molecule has 0 aromatic carbocycles. The second-order valence-electron chi connectivity index (χ2n) is 6.80. The fourth-order valence-electron chi connectivity index (χ4n) is 3.37. The van der Waals surface area contributed by atoms with E-state index < -0.39 is 0 Å². The Balaban J connectivity index is 2.62. The Bertz CT molecular complexity index is 175. The van der Waals surface area contributed by atoms with E-state index in [4.69, 9.17) is 0 Å². The Hall–Kier alpha value is -0.0400. The molecule has 1 saturated heterocycles. The van der Waals surface area contributed by atoms with Gasteiger partial charge in [0.2, 0.25) is 0 Å². The van der Waals surface area contributed by atoms with Crippen molar-refractivity contribution in [2.75, 3.05) is 0 Å². The molecule has 1 heteroatoms. The summed E-state index contributed by atoms with van der Waals surface area (Å²) in [5.74, 6) is 1.74. The molecule has 1 rings (SSSR count). The predicted octanol–water partition coefficient (Wildman–Crippen LogP) is 3.59. The first-order chi connectivity index (χ1) is 6.20. The summed E-state index contributed by atoms with van der Waals surface area (Å²) in [6.45, 7) is 14.0. The fraction of sp³-hybridized carbons (Fsp3) is 1.00. The predicted molar refractivity (Wildman–Crippen MR) is 63.5 cm³/mol. The third-order valence-electron chi connectivity index (χ3n) is 3.08. The zero-order chi connectivity index (χ0) is 11.0. The molecule has 0 aromatic heterocycles. The minimum atomic E-state index is 0.321. The summed E-state index contributed by atoms with van der Waals surface area (Å²) in [6.07, 6.45) is 4.04. The number of nitrogens with one attached hydrogen (secondary N) is 1. The van der Waals surface area contributed by atoms with Gasteiger partial charge in [0.1, 0.15) is 0 Å². The van der Waals surface area contributed by atoms with Crippen LogP contribution < -0.4 is 5.32 Å². The maximum absolute atomic E-state index is 3.74. The Kier molecular flexibility index (Phi) is 3.30. The summed E-state index contributed by atoms with van der Waals surface area (Å²) in [5, 5.41) is 3.74. The van der Waals surface area contributed by atoms with Gasteiger partial charge in [-0.25, -0.2) is 0 Å². The van der Waals surface area contributed by atoms with Crippen LogP contribution in [0.15, 0.2) is 0 Å². The van der Waals surface area contributed by atoms with Crippen molar-refractivity contribution in [2.24, 2.45) is 11.8 Å². The minimum Gasteiger partial charge on any atom is -0.307 e. The second kappa shape index (κ2) is 3.84. The monoisotopic (exact) mass is 197 g/mol. The number of rotatable bonds is 2. The molecule has 0 atom stereocenters. The summed E-state index contributed by atoms with van der Waals surface area (Å²) < 4.78 is 0. The lowest BCUT2D eigenvalue weighted by Gasteiger charge is -2.47. The lowest BCUT2D eigenvalue weighted by atomic mass is 9.73. The van der Waals surface area contributed by atoms with Crippen molar-refractivity contribution in [3.8, 4) is 0 Å². The topological polar surface area (TPSA) is 12.0 Å². The van der Waals surface area contributed by atoms with Crippen LogP contribution in [0.2, 0.25) is 0 Å². The molecule has 0 aliphatic carbocycles. The van der Waals surface area contributed by atoms with Crippen molar-refractivity contribution >= 4 is 0 Å². The number of hydrogen-bond donors (Lipinski definition) is 1. The van der Waals surface area contributed by atoms with Crippen molar-refractivity contribution in [3.63, 3.8) is 0 Å². The van der Waals surface area contributed by atoms with Gasteiger partial charge in [0.25, 0.3) is 0 Å². The van der Waals surface area contributed by atoms with Gasteiger partial charge in [-0.15, -0.1) is 0 Å². The molecule has 0 amide bonds. The standard InChI is InChI=1S/C13H27N/c1-10(2)7-11-8-12(3,4)14-13(5,6)9-11/h10-11,14H,7-9H2,1-6H3. The van der Waals surface area contributed by atoms with Crippen LogP contribution in [0.5, 0.6) is 0 Å². The lowest BCUT2D eigenvalue weighted by Crippen LogP contribution is -2.57. The Morgan fingerprint density at radius 2 is 1.50 bits per heavy atom. The average Bonchev–Trinajstić information content (AvgIpc) is 1.74. The Morgan fingerprint density at radius 1 is 1.07 bits per heavy atom. The minimum absolute atomic E-state index is 0.321. The van der Waals surface area contributed by atoms with Crippen LogP contribution in [0.3, 0.4) is 0 Å².